The van der Waals surface area contributed by atoms with Crippen molar-refractivity contribution in [3.05, 3.63) is 95.1 Å². The van der Waals surface area contributed by atoms with Gasteiger partial charge in [0.25, 0.3) is 11.7 Å². The van der Waals surface area contributed by atoms with Crippen LogP contribution in [-0.4, -0.2) is 40.9 Å². The average molecular weight is 448 g/mol. The second-order valence-corrected chi connectivity index (χ2v) is 7.37. The molecule has 1 aliphatic rings. The summed E-state index contributed by atoms with van der Waals surface area (Å²) in [4.78, 5) is 31.8. The van der Waals surface area contributed by atoms with Gasteiger partial charge >= 0.3 is 0 Å². The van der Waals surface area contributed by atoms with Crippen LogP contribution in [0.1, 0.15) is 22.9 Å². The van der Waals surface area contributed by atoms with E-state index in [1.165, 1.54) is 49.5 Å². The quantitative estimate of drug-likeness (QED) is 0.350. The fourth-order valence-electron chi connectivity index (χ4n) is 3.85. The fraction of sp³-hybridized carbons (Fsp3) is 0.160. The number of nitrogens with zero attached hydrogens (tertiary/aromatic N) is 2. The Morgan fingerprint density at radius 3 is 2.45 bits per heavy atom. The van der Waals surface area contributed by atoms with Gasteiger partial charge in [-0.2, -0.15) is 0 Å². The first-order valence-electron chi connectivity index (χ1n) is 10.1. The van der Waals surface area contributed by atoms with E-state index in [-0.39, 0.29) is 17.7 Å². The number of benzene rings is 2. The summed E-state index contributed by atoms with van der Waals surface area (Å²) in [5.74, 6) is -1.81. The Bertz CT molecular complexity index is 1230. The molecule has 1 N–H and O–H groups in total. The first-order chi connectivity index (χ1) is 15.9. The zero-order valence-corrected chi connectivity index (χ0v) is 18.0. The van der Waals surface area contributed by atoms with Gasteiger partial charge in [-0.15, -0.1) is 0 Å². The zero-order valence-electron chi connectivity index (χ0n) is 18.0. The van der Waals surface area contributed by atoms with Crippen molar-refractivity contribution in [3.8, 4) is 11.5 Å². The maximum absolute atomic E-state index is 13.6. The molecule has 33 heavy (non-hydrogen) atoms. The minimum absolute atomic E-state index is 0.0273. The average Bonchev–Trinajstić information content (AvgIpc) is 3.09. The van der Waals surface area contributed by atoms with Crippen molar-refractivity contribution >= 4 is 17.4 Å². The number of aromatic nitrogens is 1. The predicted molar refractivity (Wildman–Crippen MR) is 118 cm³/mol. The van der Waals surface area contributed by atoms with Gasteiger partial charge in [-0.05, 0) is 48.0 Å². The molecule has 8 heteroatoms. The van der Waals surface area contributed by atoms with E-state index in [1.54, 1.807) is 36.5 Å². The first kappa shape index (κ1) is 22.0. The van der Waals surface area contributed by atoms with Gasteiger partial charge in [0.1, 0.15) is 23.1 Å². The van der Waals surface area contributed by atoms with Crippen molar-refractivity contribution in [2.45, 2.75) is 12.6 Å². The number of carbonyl (C=O) groups is 2. The molecule has 1 aliphatic heterocycles. The van der Waals surface area contributed by atoms with Crippen molar-refractivity contribution in [2.75, 3.05) is 14.2 Å². The Hall–Kier alpha value is -4.20. The van der Waals surface area contributed by atoms with E-state index in [1.807, 2.05) is 0 Å². The lowest BCUT2D eigenvalue weighted by molar-refractivity contribution is -0.140. The number of likely N-dealkylation sites (tertiary alicyclic amines) is 1. The lowest BCUT2D eigenvalue weighted by Gasteiger charge is -2.25. The molecule has 0 saturated carbocycles. The standard InChI is InChI=1S/C25H21FN2O5/c1-32-18-10-11-20(33-2)19(13-18)23(29)21-22(15-6-8-16(26)9-7-15)28(25(31)24(21)30)14-17-5-3-4-12-27-17/h3-13,22,29H,14H2,1-2H3/b23-21+. The van der Waals surface area contributed by atoms with Crippen molar-refractivity contribution in [1.82, 2.24) is 9.88 Å². The van der Waals surface area contributed by atoms with Crippen LogP contribution in [0.3, 0.4) is 0 Å². The molecule has 3 aromatic rings. The van der Waals surface area contributed by atoms with E-state index in [0.29, 0.717) is 22.8 Å². The van der Waals surface area contributed by atoms with E-state index in [4.69, 9.17) is 9.47 Å². The second kappa shape index (κ2) is 9.12. The summed E-state index contributed by atoms with van der Waals surface area (Å²) in [6.07, 6.45) is 1.58. The van der Waals surface area contributed by atoms with Crippen molar-refractivity contribution in [1.29, 1.82) is 0 Å². The van der Waals surface area contributed by atoms with Crippen LogP contribution in [0.25, 0.3) is 5.76 Å². The first-order valence-corrected chi connectivity index (χ1v) is 10.1. The smallest absolute Gasteiger partial charge is 0.296 e. The molecule has 0 aliphatic carbocycles. The SMILES string of the molecule is COc1ccc(OC)c(/C(O)=C2\C(=O)C(=O)N(Cc3ccccn3)C2c2ccc(F)cc2)c1. The number of ketones is 1. The van der Waals surface area contributed by atoms with E-state index < -0.39 is 29.3 Å². The number of pyridine rings is 1. The molecule has 1 amide bonds. The highest BCUT2D eigenvalue weighted by molar-refractivity contribution is 6.46. The number of methoxy groups -OCH3 is 2. The molecule has 1 aromatic heterocycles. The molecule has 7 nitrogen and oxygen atoms in total. The maximum Gasteiger partial charge on any atom is 0.296 e. The molecule has 1 fully saturated rings. The highest BCUT2D eigenvalue weighted by Crippen LogP contribution is 2.42. The molecular weight excluding hydrogens is 427 g/mol. The summed E-state index contributed by atoms with van der Waals surface area (Å²) in [5.41, 5.74) is 1.09. The van der Waals surface area contributed by atoms with E-state index >= 15 is 0 Å². The molecule has 4 rings (SSSR count). The number of Topliss-reactive ketones (excluding diaryl/α,β-unsaturated/α-hetero) is 1. The Kier molecular flexibility index (Phi) is 6.08. The number of carbonyl (C=O) groups excluding carboxylic acids is 2. The largest absolute Gasteiger partial charge is 0.507 e. The summed E-state index contributed by atoms with van der Waals surface area (Å²) >= 11 is 0. The van der Waals surface area contributed by atoms with Crippen LogP contribution in [0, 0.1) is 5.82 Å². The van der Waals surface area contributed by atoms with Crippen LogP contribution in [0.5, 0.6) is 11.5 Å². The summed E-state index contributed by atoms with van der Waals surface area (Å²) in [6, 6.07) is 14.5. The summed E-state index contributed by atoms with van der Waals surface area (Å²) in [5, 5.41) is 11.3. The molecule has 1 atom stereocenters. The van der Waals surface area contributed by atoms with Crippen molar-refractivity contribution < 1.29 is 28.6 Å². The number of hydrogen-bond donors (Lipinski definition) is 1. The summed E-state index contributed by atoms with van der Waals surface area (Å²) in [7, 11) is 2.89. The number of hydrogen-bond acceptors (Lipinski definition) is 6. The number of aliphatic hydroxyl groups is 1. The molecule has 2 aromatic carbocycles. The highest BCUT2D eigenvalue weighted by atomic mass is 19.1. The number of aliphatic hydroxyl groups excluding tert-OH is 1. The van der Waals surface area contributed by atoms with Gasteiger partial charge in [-0.3, -0.25) is 14.6 Å². The minimum Gasteiger partial charge on any atom is -0.507 e. The maximum atomic E-state index is 13.6. The Morgan fingerprint density at radius 1 is 1.06 bits per heavy atom. The highest BCUT2D eigenvalue weighted by Gasteiger charge is 2.46. The van der Waals surface area contributed by atoms with Gasteiger partial charge in [0.15, 0.2) is 0 Å². The molecule has 0 bridgehead atoms. The molecule has 168 valence electrons. The normalized spacial score (nSPS) is 17.3. The Balaban J connectivity index is 1.91. The Morgan fingerprint density at radius 2 is 1.82 bits per heavy atom. The molecular formula is C25H21FN2O5. The van der Waals surface area contributed by atoms with Crippen LogP contribution in [-0.2, 0) is 16.1 Å². The lowest BCUT2D eigenvalue weighted by Crippen LogP contribution is -2.29. The van der Waals surface area contributed by atoms with E-state index in [9.17, 15) is 19.1 Å². The van der Waals surface area contributed by atoms with Crippen LogP contribution >= 0.6 is 0 Å². The van der Waals surface area contributed by atoms with Crippen LogP contribution in [0.15, 0.2) is 72.4 Å². The van der Waals surface area contributed by atoms with Gasteiger partial charge in [0.2, 0.25) is 0 Å². The second-order valence-electron chi connectivity index (χ2n) is 7.37. The molecule has 1 saturated heterocycles. The summed E-state index contributed by atoms with van der Waals surface area (Å²) < 4.78 is 24.2. The van der Waals surface area contributed by atoms with E-state index in [0.717, 1.165) is 0 Å². The number of ether oxygens (including phenoxy) is 2. The fourth-order valence-corrected chi connectivity index (χ4v) is 3.85. The molecule has 2 heterocycles. The van der Waals surface area contributed by atoms with Crippen LogP contribution < -0.4 is 9.47 Å². The van der Waals surface area contributed by atoms with Gasteiger partial charge in [0, 0.05) is 6.20 Å². The van der Waals surface area contributed by atoms with Gasteiger partial charge in [0.05, 0.1) is 43.6 Å². The third-order valence-corrected chi connectivity index (χ3v) is 5.45. The van der Waals surface area contributed by atoms with E-state index in [2.05, 4.69) is 4.98 Å². The number of amides is 1. The molecule has 0 spiro atoms. The number of rotatable bonds is 6. The third kappa shape index (κ3) is 4.15. The van der Waals surface area contributed by atoms with Gasteiger partial charge in [-0.25, -0.2) is 4.39 Å². The topological polar surface area (TPSA) is 89.0 Å². The summed E-state index contributed by atoms with van der Waals surface area (Å²) in [6.45, 7) is 0.0273. The lowest BCUT2D eigenvalue weighted by atomic mass is 9.95. The van der Waals surface area contributed by atoms with Crippen LogP contribution in [0.2, 0.25) is 0 Å². The third-order valence-electron chi connectivity index (χ3n) is 5.45. The Labute approximate surface area is 189 Å². The molecule has 1 unspecified atom stereocenters. The van der Waals surface area contributed by atoms with Gasteiger partial charge in [-0.1, -0.05) is 18.2 Å². The monoisotopic (exact) mass is 448 g/mol. The minimum atomic E-state index is -0.955. The molecule has 0 radical (unpaired) electrons. The van der Waals surface area contributed by atoms with Crippen molar-refractivity contribution in [2.24, 2.45) is 0 Å². The van der Waals surface area contributed by atoms with Gasteiger partial charge < -0.3 is 19.5 Å². The zero-order chi connectivity index (χ0) is 23.5. The predicted octanol–water partition coefficient (Wildman–Crippen LogP) is 3.86. The van der Waals surface area contributed by atoms with Crippen molar-refractivity contribution in [3.63, 3.8) is 0 Å². The number of halogens is 1. The van der Waals surface area contributed by atoms with Crippen LogP contribution in [0.4, 0.5) is 4.39 Å².